The molecule has 1 saturated heterocycles. The van der Waals surface area contributed by atoms with E-state index in [1.165, 1.54) is 26.1 Å². The molecule has 1 fully saturated rings. The molecule has 0 aliphatic carbocycles. The average molecular weight is 170 g/mol. The Kier molecular flexibility index (Phi) is 3.13. The van der Waals surface area contributed by atoms with Crippen molar-refractivity contribution in [2.45, 2.75) is 45.7 Å². The molecule has 1 atom stereocenters. The minimum absolute atomic E-state index is 0.272. The topological polar surface area (TPSA) is 15.3 Å². The van der Waals surface area contributed by atoms with Gasteiger partial charge in [0.25, 0.3) is 0 Å². The zero-order valence-electron chi connectivity index (χ0n) is 8.85. The minimum Gasteiger partial charge on any atom is -0.308 e. The summed E-state index contributed by atoms with van der Waals surface area (Å²) in [4.78, 5) is 2.50. The van der Waals surface area contributed by atoms with Crippen LogP contribution >= 0.6 is 0 Å². The summed E-state index contributed by atoms with van der Waals surface area (Å²) < 4.78 is 0. The van der Waals surface area contributed by atoms with Crippen molar-refractivity contribution in [1.29, 1.82) is 0 Å². The molecule has 1 heterocycles. The first-order valence-electron chi connectivity index (χ1n) is 5.01. The molecule has 0 spiro atoms. The van der Waals surface area contributed by atoms with Gasteiger partial charge in [-0.3, -0.25) is 0 Å². The number of hydrogen-bond donors (Lipinski definition) is 1. The van der Waals surface area contributed by atoms with Crippen molar-refractivity contribution in [3.63, 3.8) is 0 Å². The molecular formula is C10H22N2. The second-order valence-electron chi connectivity index (χ2n) is 4.77. The van der Waals surface area contributed by atoms with Crippen molar-refractivity contribution >= 4 is 0 Å². The Morgan fingerprint density at radius 2 is 2.08 bits per heavy atom. The molecule has 0 saturated carbocycles. The van der Waals surface area contributed by atoms with E-state index >= 15 is 0 Å². The number of hydrogen-bond acceptors (Lipinski definition) is 2. The number of nitrogens with one attached hydrogen (secondary N) is 1. The van der Waals surface area contributed by atoms with E-state index in [1.54, 1.807) is 0 Å². The first kappa shape index (κ1) is 10.0. The molecule has 0 bridgehead atoms. The summed E-state index contributed by atoms with van der Waals surface area (Å²) in [5.41, 5.74) is 0.272. The summed E-state index contributed by atoms with van der Waals surface area (Å²) in [5.74, 6) is 0. The van der Waals surface area contributed by atoms with E-state index < -0.39 is 0 Å². The molecule has 2 heteroatoms. The van der Waals surface area contributed by atoms with Crippen LogP contribution in [0.2, 0.25) is 0 Å². The van der Waals surface area contributed by atoms with Gasteiger partial charge in [0.1, 0.15) is 0 Å². The molecular weight excluding hydrogens is 148 g/mol. The second kappa shape index (κ2) is 3.75. The fourth-order valence-electron chi connectivity index (χ4n) is 1.85. The van der Waals surface area contributed by atoms with Gasteiger partial charge in [0.2, 0.25) is 0 Å². The van der Waals surface area contributed by atoms with Gasteiger partial charge < -0.3 is 10.2 Å². The summed E-state index contributed by atoms with van der Waals surface area (Å²) in [6.07, 6.45) is 1.31. The van der Waals surface area contributed by atoms with E-state index in [2.05, 4.69) is 37.9 Å². The number of rotatable bonds is 2. The van der Waals surface area contributed by atoms with Gasteiger partial charge in [0, 0.05) is 18.1 Å². The lowest BCUT2D eigenvalue weighted by molar-refractivity contribution is 0.319. The Morgan fingerprint density at radius 1 is 1.42 bits per heavy atom. The maximum absolute atomic E-state index is 3.64. The molecule has 0 aromatic heterocycles. The minimum atomic E-state index is 0.272. The SMILES string of the molecule is CCN1CC[C@@H](NC(C)(C)C)C1. The van der Waals surface area contributed by atoms with Crippen LogP contribution in [0.3, 0.4) is 0 Å². The van der Waals surface area contributed by atoms with Crippen LogP contribution in [0.25, 0.3) is 0 Å². The third-order valence-corrected chi connectivity index (χ3v) is 2.36. The summed E-state index contributed by atoms with van der Waals surface area (Å²) >= 11 is 0. The molecule has 1 rings (SSSR count). The third kappa shape index (κ3) is 3.11. The zero-order valence-corrected chi connectivity index (χ0v) is 8.85. The van der Waals surface area contributed by atoms with Gasteiger partial charge >= 0.3 is 0 Å². The lowest BCUT2D eigenvalue weighted by Crippen LogP contribution is -2.44. The van der Waals surface area contributed by atoms with E-state index in [9.17, 15) is 0 Å². The van der Waals surface area contributed by atoms with E-state index in [1.807, 2.05) is 0 Å². The van der Waals surface area contributed by atoms with Crippen LogP contribution in [0.4, 0.5) is 0 Å². The standard InChI is InChI=1S/C10H22N2/c1-5-12-7-6-9(8-12)11-10(2,3)4/h9,11H,5-8H2,1-4H3/t9-/m1/s1. The van der Waals surface area contributed by atoms with Gasteiger partial charge in [-0.15, -0.1) is 0 Å². The molecule has 0 radical (unpaired) electrons. The molecule has 1 N–H and O–H groups in total. The lowest BCUT2D eigenvalue weighted by atomic mass is 10.1. The van der Waals surface area contributed by atoms with Crippen LogP contribution in [0, 0.1) is 0 Å². The highest BCUT2D eigenvalue weighted by Crippen LogP contribution is 2.12. The fraction of sp³-hybridized carbons (Fsp3) is 1.00. The Labute approximate surface area is 76.3 Å². The van der Waals surface area contributed by atoms with Crippen LogP contribution in [-0.2, 0) is 0 Å². The van der Waals surface area contributed by atoms with Gasteiger partial charge in [0.05, 0.1) is 0 Å². The molecule has 12 heavy (non-hydrogen) atoms. The largest absolute Gasteiger partial charge is 0.308 e. The molecule has 1 aliphatic rings. The fourth-order valence-corrected chi connectivity index (χ4v) is 1.85. The highest BCUT2D eigenvalue weighted by atomic mass is 15.2. The molecule has 0 aromatic rings. The summed E-state index contributed by atoms with van der Waals surface area (Å²) in [6.45, 7) is 12.6. The molecule has 0 aromatic carbocycles. The van der Waals surface area contributed by atoms with E-state index in [4.69, 9.17) is 0 Å². The van der Waals surface area contributed by atoms with Crippen LogP contribution in [0.5, 0.6) is 0 Å². The molecule has 72 valence electrons. The van der Waals surface area contributed by atoms with Crippen molar-refractivity contribution in [2.75, 3.05) is 19.6 Å². The van der Waals surface area contributed by atoms with Gasteiger partial charge in [-0.1, -0.05) is 6.92 Å². The van der Waals surface area contributed by atoms with Gasteiger partial charge in [-0.2, -0.15) is 0 Å². The maximum Gasteiger partial charge on any atom is 0.0212 e. The monoisotopic (exact) mass is 170 g/mol. The Balaban J connectivity index is 2.28. The van der Waals surface area contributed by atoms with Gasteiger partial charge in [-0.25, -0.2) is 0 Å². The number of likely N-dealkylation sites (tertiary alicyclic amines) is 1. The van der Waals surface area contributed by atoms with Crippen LogP contribution in [0.1, 0.15) is 34.1 Å². The highest BCUT2D eigenvalue weighted by molar-refractivity contribution is 4.85. The van der Waals surface area contributed by atoms with E-state index in [0.717, 1.165) is 0 Å². The van der Waals surface area contributed by atoms with Crippen molar-refractivity contribution < 1.29 is 0 Å². The van der Waals surface area contributed by atoms with Crippen LogP contribution < -0.4 is 5.32 Å². The van der Waals surface area contributed by atoms with Crippen molar-refractivity contribution in [2.24, 2.45) is 0 Å². The molecule has 0 amide bonds. The summed E-state index contributed by atoms with van der Waals surface area (Å²) in [5, 5.41) is 3.64. The average Bonchev–Trinajstić information content (AvgIpc) is 2.32. The predicted octanol–water partition coefficient (Wildman–Crippen LogP) is 1.47. The maximum atomic E-state index is 3.64. The number of nitrogens with zero attached hydrogens (tertiary/aromatic N) is 1. The van der Waals surface area contributed by atoms with Crippen LogP contribution in [-0.4, -0.2) is 36.1 Å². The van der Waals surface area contributed by atoms with Gasteiger partial charge in [-0.05, 0) is 40.3 Å². The quantitative estimate of drug-likeness (QED) is 0.675. The second-order valence-corrected chi connectivity index (χ2v) is 4.77. The van der Waals surface area contributed by atoms with Crippen molar-refractivity contribution in [1.82, 2.24) is 10.2 Å². The third-order valence-electron chi connectivity index (χ3n) is 2.36. The van der Waals surface area contributed by atoms with E-state index in [0.29, 0.717) is 6.04 Å². The molecule has 0 unspecified atom stereocenters. The highest BCUT2D eigenvalue weighted by Gasteiger charge is 2.24. The Morgan fingerprint density at radius 3 is 2.50 bits per heavy atom. The first-order chi connectivity index (χ1) is 5.51. The van der Waals surface area contributed by atoms with E-state index in [-0.39, 0.29) is 5.54 Å². The molecule has 2 nitrogen and oxygen atoms in total. The summed E-state index contributed by atoms with van der Waals surface area (Å²) in [6, 6.07) is 0.713. The van der Waals surface area contributed by atoms with Gasteiger partial charge in [0.15, 0.2) is 0 Å². The normalized spacial score (nSPS) is 26.5. The Hall–Kier alpha value is -0.0800. The lowest BCUT2D eigenvalue weighted by Gasteiger charge is -2.25. The predicted molar refractivity (Wildman–Crippen MR) is 53.4 cm³/mol. The summed E-state index contributed by atoms with van der Waals surface area (Å²) in [7, 11) is 0. The smallest absolute Gasteiger partial charge is 0.0212 e. The Bertz CT molecular complexity index is 137. The zero-order chi connectivity index (χ0) is 9.19. The number of likely N-dealkylation sites (N-methyl/N-ethyl adjacent to an activating group) is 1. The van der Waals surface area contributed by atoms with Crippen molar-refractivity contribution in [3.05, 3.63) is 0 Å². The first-order valence-corrected chi connectivity index (χ1v) is 5.01. The van der Waals surface area contributed by atoms with Crippen molar-refractivity contribution in [3.8, 4) is 0 Å². The van der Waals surface area contributed by atoms with Crippen LogP contribution in [0.15, 0.2) is 0 Å². The molecule has 1 aliphatic heterocycles.